The Morgan fingerprint density at radius 2 is 2.00 bits per heavy atom. The molecule has 0 aliphatic rings. The number of nitrogens with zero attached hydrogens (tertiary/aromatic N) is 4. The highest BCUT2D eigenvalue weighted by Crippen LogP contribution is 2.18. The first-order valence-electron chi connectivity index (χ1n) is 6.60. The van der Waals surface area contributed by atoms with Crippen molar-refractivity contribution in [3.05, 3.63) is 58.3 Å². The Morgan fingerprint density at radius 1 is 1.21 bits per heavy atom. The van der Waals surface area contributed by atoms with Gasteiger partial charge in [-0.25, -0.2) is 0 Å². The van der Waals surface area contributed by atoms with E-state index in [2.05, 4.69) is 20.7 Å². The number of hydrogen-bond donors (Lipinski definition) is 1. The maximum Gasteiger partial charge on any atom is 0.322 e. The lowest BCUT2D eigenvalue weighted by Crippen LogP contribution is -2.07. The smallest absolute Gasteiger partial charge is 0.322 e. The van der Waals surface area contributed by atoms with Gasteiger partial charge in [0.05, 0.1) is 11.1 Å². The van der Waals surface area contributed by atoms with Crippen LogP contribution in [-0.2, 0) is 4.79 Å². The first kappa shape index (κ1) is 15.1. The second-order valence-corrected chi connectivity index (χ2v) is 4.46. The highest BCUT2D eigenvalue weighted by molar-refractivity contribution is 6.00. The van der Waals surface area contributed by atoms with Crippen molar-refractivity contribution in [3.63, 3.8) is 0 Å². The number of hydrogen-bond acceptors (Lipinski definition) is 8. The Balaban J connectivity index is 1.62. The maximum atomic E-state index is 11.8. The number of carbonyl (C=O) groups is 1. The number of benzene rings is 1. The summed E-state index contributed by atoms with van der Waals surface area (Å²) in [6, 6.07) is 7.18. The molecule has 10 heteroatoms. The number of aromatic nitrogens is 3. The summed E-state index contributed by atoms with van der Waals surface area (Å²) < 4.78 is 10.0. The molecule has 0 saturated carbocycles. The average Bonchev–Trinajstić information content (AvgIpc) is 3.24. The molecule has 3 aromatic rings. The van der Waals surface area contributed by atoms with Crippen molar-refractivity contribution in [1.29, 1.82) is 0 Å². The summed E-state index contributed by atoms with van der Waals surface area (Å²) >= 11 is 0. The molecule has 0 bridgehead atoms. The van der Waals surface area contributed by atoms with Crippen molar-refractivity contribution in [2.75, 3.05) is 5.32 Å². The maximum absolute atomic E-state index is 11.8. The van der Waals surface area contributed by atoms with E-state index >= 15 is 0 Å². The third kappa shape index (κ3) is 3.50. The zero-order chi connectivity index (χ0) is 16.9. The Bertz CT molecular complexity index is 883. The van der Waals surface area contributed by atoms with Crippen LogP contribution < -0.4 is 5.32 Å². The summed E-state index contributed by atoms with van der Waals surface area (Å²) in [6.45, 7) is 0. The predicted molar refractivity (Wildman–Crippen MR) is 80.6 cm³/mol. The molecule has 1 amide bonds. The minimum absolute atomic E-state index is 0.0255. The summed E-state index contributed by atoms with van der Waals surface area (Å²) in [5.74, 6) is -0.132. The van der Waals surface area contributed by atoms with Crippen LogP contribution in [0, 0.1) is 10.1 Å². The van der Waals surface area contributed by atoms with Crippen molar-refractivity contribution in [2.45, 2.75) is 0 Å². The van der Waals surface area contributed by atoms with E-state index < -0.39 is 10.8 Å². The van der Waals surface area contributed by atoms with E-state index in [0.717, 1.165) is 0 Å². The van der Waals surface area contributed by atoms with Crippen molar-refractivity contribution in [3.8, 4) is 11.7 Å². The molecule has 0 atom stereocenters. The van der Waals surface area contributed by atoms with Gasteiger partial charge in [0, 0.05) is 24.3 Å². The van der Waals surface area contributed by atoms with E-state index in [1.807, 2.05) is 0 Å². The van der Waals surface area contributed by atoms with E-state index in [4.69, 9.17) is 8.94 Å². The van der Waals surface area contributed by atoms with E-state index in [9.17, 15) is 14.9 Å². The van der Waals surface area contributed by atoms with Gasteiger partial charge in [0.15, 0.2) is 0 Å². The summed E-state index contributed by atoms with van der Waals surface area (Å²) in [6.07, 6.45) is 4.15. The molecule has 0 saturated heterocycles. The standard InChI is InChI=1S/C14H9N5O5/c20-12(6-3-9-1-4-10(5-2-9)19(21)22)16-14-18-17-13(23-14)11-7-8-15-24-11/h1-8H,(H,16,18,20)/b6-3-. The Hall–Kier alpha value is -3.82. The van der Waals surface area contributed by atoms with Crippen LogP contribution in [0.3, 0.4) is 0 Å². The van der Waals surface area contributed by atoms with Gasteiger partial charge in [-0.2, -0.15) is 0 Å². The molecule has 1 aromatic carbocycles. The van der Waals surface area contributed by atoms with E-state index in [1.165, 1.54) is 48.7 Å². The molecule has 10 nitrogen and oxygen atoms in total. The van der Waals surface area contributed by atoms with Crippen LogP contribution in [0.1, 0.15) is 5.56 Å². The molecule has 0 unspecified atom stereocenters. The number of anilines is 1. The summed E-state index contributed by atoms with van der Waals surface area (Å²) in [5, 5.41) is 23.8. The van der Waals surface area contributed by atoms with Crippen molar-refractivity contribution in [1.82, 2.24) is 15.4 Å². The largest absolute Gasteiger partial charge is 0.400 e. The van der Waals surface area contributed by atoms with Gasteiger partial charge in [-0.3, -0.25) is 20.2 Å². The number of amides is 1. The van der Waals surface area contributed by atoms with Crippen LogP contribution in [0.5, 0.6) is 0 Å². The number of nitrogens with one attached hydrogen (secondary N) is 1. The van der Waals surface area contributed by atoms with Crippen LogP contribution >= 0.6 is 0 Å². The second kappa shape index (κ2) is 6.52. The second-order valence-electron chi connectivity index (χ2n) is 4.46. The predicted octanol–water partition coefficient (Wildman–Crippen LogP) is 2.28. The van der Waals surface area contributed by atoms with Gasteiger partial charge in [0.1, 0.15) is 0 Å². The van der Waals surface area contributed by atoms with Crippen LogP contribution in [0.15, 0.2) is 51.5 Å². The molecule has 0 radical (unpaired) electrons. The normalized spacial score (nSPS) is 10.8. The van der Waals surface area contributed by atoms with Crippen LogP contribution in [0.2, 0.25) is 0 Å². The van der Waals surface area contributed by atoms with Gasteiger partial charge < -0.3 is 8.94 Å². The summed E-state index contributed by atoms with van der Waals surface area (Å²) in [4.78, 5) is 21.8. The molecule has 0 spiro atoms. The minimum Gasteiger partial charge on any atom is -0.400 e. The first-order valence-corrected chi connectivity index (χ1v) is 6.60. The summed E-state index contributed by atoms with van der Waals surface area (Å²) in [5.41, 5.74) is 0.603. The van der Waals surface area contributed by atoms with Gasteiger partial charge in [-0.15, -0.1) is 5.10 Å². The van der Waals surface area contributed by atoms with Crippen molar-refractivity contribution in [2.24, 2.45) is 0 Å². The molecule has 2 heterocycles. The molecular weight excluding hydrogens is 318 g/mol. The number of non-ortho nitro benzene ring substituents is 1. The fourth-order valence-electron chi connectivity index (χ4n) is 1.73. The van der Waals surface area contributed by atoms with Gasteiger partial charge in [-0.1, -0.05) is 10.3 Å². The molecule has 3 rings (SSSR count). The van der Waals surface area contributed by atoms with Gasteiger partial charge >= 0.3 is 6.01 Å². The number of carbonyl (C=O) groups excluding carboxylic acids is 1. The molecule has 2 aromatic heterocycles. The number of nitro benzene ring substituents is 1. The molecule has 120 valence electrons. The Labute approximate surface area is 133 Å². The zero-order valence-corrected chi connectivity index (χ0v) is 11.9. The monoisotopic (exact) mass is 327 g/mol. The van der Waals surface area contributed by atoms with Crippen LogP contribution in [0.25, 0.3) is 17.7 Å². The minimum atomic E-state index is -0.499. The third-order valence-electron chi connectivity index (χ3n) is 2.83. The topological polar surface area (TPSA) is 137 Å². The lowest BCUT2D eigenvalue weighted by Gasteiger charge is -1.95. The fourth-order valence-corrected chi connectivity index (χ4v) is 1.73. The first-order chi connectivity index (χ1) is 11.6. The SMILES string of the molecule is O=C(/C=C\c1ccc([N+](=O)[O-])cc1)Nc1nnc(-c2ccno2)o1. The molecule has 0 aliphatic carbocycles. The van der Waals surface area contributed by atoms with Crippen LogP contribution in [0.4, 0.5) is 11.7 Å². The van der Waals surface area contributed by atoms with E-state index in [1.54, 1.807) is 0 Å². The van der Waals surface area contributed by atoms with Gasteiger partial charge in [-0.05, 0) is 23.8 Å². The third-order valence-corrected chi connectivity index (χ3v) is 2.83. The van der Waals surface area contributed by atoms with Gasteiger partial charge in [0.2, 0.25) is 5.76 Å². The fraction of sp³-hybridized carbons (Fsp3) is 0. The van der Waals surface area contributed by atoms with Crippen molar-refractivity contribution >= 4 is 23.7 Å². The van der Waals surface area contributed by atoms with E-state index in [-0.39, 0.29) is 23.4 Å². The highest BCUT2D eigenvalue weighted by atomic mass is 16.6. The Kier molecular flexibility index (Phi) is 4.10. The molecule has 24 heavy (non-hydrogen) atoms. The Morgan fingerprint density at radius 3 is 2.67 bits per heavy atom. The molecular formula is C14H9N5O5. The highest BCUT2D eigenvalue weighted by Gasteiger charge is 2.12. The van der Waals surface area contributed by atoms with Crippen LogP contribution in [-0.4, -0.2) is 26.2 Å². The summed E-state index contributed by atoms with van der Waals surface area (Å²) in [7, 11) is 0. The molecule has 0 aliphatic heterocycles. The van der Waals surface area contributed by atoms with E-state index in [0.29, 0.717) is 5.56 Å². The number of rotatable bonds is 5. The lowest BCUT2D eigenvalue weighted by molar-refractivity contribution is -0.384. The lowest BCUT2D eigenvalue weighted by atomic mass is 10.2. The van der Waals surface area contributed by atoms with Gasteiger partial charge in [0.25, 0.3) is 17.5 Å². The number of nitro groups is 1. The molecule has 0 fully saturated rings. The average molecular weight is 327 g/mol. The van der Waals surface area contributed by atoms with Crippen molar-refractivity contribution < 1.29 is 18.7 Å². The quantitative estimate of drug-likeness (QED) is 0.428. The molecule has 1 N–H and O–H groups in total. The zero-order valence-electron chi connectivity index (χ0n) is 11.9.